The number of hydrogen-bond acceptors (Lipinski definition) is 31. The molecule has 8 amide bonds. The van der Waals surface area contributed by atoms with Crippen LogP contribution in [0.15, 0.2) is 22.9 Å². The molecule has 3 aromatic heterocycles. The number of primary amides is 4. The number of imidazole rings is 1. The molecular weight excluding hydrogens is 1250 g/mol. The van der Waals surface area contributed by atoms with Crippen LogP contribution in [-0.2, 0) is 52.5 Å². The number of nitrogens with zero attached hydrogens (tertiary/aromatic N) is 5. The number of nitrogen functional groups attached to an aromatic ring is 1. The molecule has 91 heavy (non-hydrogen) atoms. The van der Waals surface area contributed by atoms with Crippen LogP contribution in [-0.4, -0.2) is 247 Å². The first-order valence-corrected chi connectivity index (χ1v) is 29.7. The lowest BCUT2D eigenvalue weighted by Crippen LogP contribution is -2.75. The number of nitrogens with one attached hydrogen (secondary N) is 6. The molecule has 0 aliphatic carbocycles. The summed E-state index contributed by atoms with van der Waals surface area (Å²) >= 11 is 2.60. The van der Waals surface area contributed by atoms with Gasteiger partial charge in [0.05, 0.1) is 66.6 Å². The smallest absolute Gasteiger partial charge is 0.271 e. The van der Waals surface area contributed by atoms with Gasteiger partial charge >= 0.3 is 0 Å². The summed E-state index contributed by atoms with van der Waals surface area (Å²) in [6.45, 7) is 3.04. The number of thioether (sulfide) groups is 1. The minimum atomic E-state index is -3.33. The van der Waals surface area contributed by atoms with Crippen molar-refractivity contribution in [3.8, 4) is 0 Å². The Bertz CT molecular complexity index is 3190. The minimum absolute atomic E-state index is 0.0330. The number of aromatic amines is 1. The first kappa shape index (κ1) is 72.7. The molecule has 40 heteroatoms. The van der Waals surface area contributed by atoms with Gasteiger partial charge in [0.15, 0.2) is 24.4 Å². The lowest BCUT2D eigenvalue weighted by Gasteiger charge is -2.53. The Morgan fingerprint density at radius 1 is 0.901 bits per heavy atom. The van der Waals surface area contributed by atoms with Crippen molar-refractivity contribution in [1.82, 2.24) is 51.5 Å². The number of ketones is 1. The van der Waals surface area contributed by atoms with E-state index in [0.717, 1.165) is 26.4 Å². The maximum absolute atomic E-state index is 15.2. The molecule has 6 rings (SSSR count). The average Bonchev–Trinajstić information content (AvgIpc) is 1.55. The topological polar surface area (TPSA) is 648 Å². The number of carbonyl (C=O) groups excluding carboxylic acids is 9. The van der Waals surface area contributed by atoms with E-state index in [0.29, 0.717) is 15.8 Å². The number of rotatable bonds is 31. The third-order valence-corrected chi connectivity index (χ3v) is 17.3. The van der Waals surface area contributed by atoms with Crippen molar-refractivity contribution in [2.24, 2.45) is 39.6 Å². The van der Waals surface area contributed by atoms with Gasteiger partial charge in [-0.3, -0.25) is 48.1 Å². The second-order valence-corrected chi connectivity index (χ2v) is 23.8. The van der Waals surface area contributed by atoms with Gasteiger partial charge in [0.1, 0.15) is 88.5 Å². The molecule has 3 aliphatic rings. The van der Waals surface area contributed by atoms with E-state index >= 15 is 4.79 Å². The monoisotopic (exact) mass is 1330 g/mol. The first-order chi connectivity index (χ1) is 42.7. The number of aliphatic imine (C=N–C) groups is 1. The van der Waals surface area contributed by atoms with E-state index in [1.165, 1.54) is 49.2 Å². The van der Waals surface area contributed by atoms with Gasteiger partial charge in [0.25, 0.3) is 17.7 Å². The molecule has 10 unspecified atom stereocenters. The quantitative estimate of drug-likeness (QED) is 0.0266. The fraction of sp³-hybridized carbons (Fsp3) is 0.608. The lowest BCUT2D eigenvalue weighted by molar-refractivity contribution is -0.408. The summed E-state index contributed by atoms with van der Waals surface area (Å²) in [6, 6.07) is -8.55. The highest BCUT2D eigenvalue weighted by atomic mass is 32.2. The van der Waals surface area contributed by atoms with Crippen molar-refractivity contribution < 1.29 is 103 Å². The molecule has 502 valence electrons. The summed E-state index contributed by atoms with van der Waals surface area (Å²) in [7, 11) is 0. The molecular formula is C51H75N17O21S2. The lowest BCUT2D eigenvalue weighted by atomic mass is 9.82. The van der Waals surface area contributed by atoms with Crippen LogP contribution in [0.2, 0.25) is 0 Å². The van der Waals surface area contributed by atoms with E-state index in [4.69, 9.17) is 53.3 Å². The normalized spacial score (nSPS) is 27.5. The number of carbonyl (C=O) groups is 9. The van der Waals surface area contributed by atoms with Gasteiger partial charge in [0.2, 0.25) is 35.1 Å². The van der Waals surface area contributed by atoms with E-state index in [2.05, 4.69) is 56.5 Å². The van der Waals surface area contributed by atoms with Gasteiger partial charge in [-0.05, 0) is 27.7 Å². The first-order valence-electron chi connectivity index (χ1n) is 27.8. The largest absolute Gasteiger partial charge is 0.394 e. The Hall–Kier alpha value is -7.39. The second-order valence-electron chi connectivity index (χ2n) is 21.8. The van der Waals surface area contributed by atoms with Crippen molar-refractivity contribution >= 4 is 87.0 Å². The molecule has 6 heterocycles. The maximum atomic E-state index is 15.2. The third-order valence-electron chi connectivity index (χ3n) is 15.2. The van der Waals surface area contributed by atoms with Crippen LogP contribution in [0.5, 0.6) is 0 Å². The summed E-state index contributed by atoms with van der Waals surface area (Å²) in [5.74, 6) is -11.5. The molecule has 0 bridgehead atoms. The Kier molecular flexibility index (Phi) is 24.6. The summed E-state index contributed by atoms with van der Waals surface area (Å²) in [4.78, 5) is 143. The number of amides is 8. The molecule has 0 spiro atoms. The van der Waals surface area contributed by atoms with Crippen molar-refractivity contribution in [2.45, 2.75) is 156 Å². The predicted octanol–water partition coefficient (Wildman–Crippen LogP) is -9.34. The van der Waals surface area contributed by atoms with E-state index in [1.807, 2.05) is 0 Å². The predicted molar refractivity (Wildman–Crippen MR) is 312 cm³/mol. The molecule has 3 aliphatic heterocycles. The Labute approximate surface area is 524 Å². The van der Waals surface area contributed by atoms with Crippen LogP contribution in [0.4, 0.5) is 5.82 Å². The number of H-pyrrole nitrogens is 1. The van der Waals surface area contributed by atoms with Gasteiger partial charge in [-0.25, -0.2) is 19.9 Å². The molecule has 0 radical (unpaired) electrons. The molecule has 19 atom stereocenters. The zero-order valence-electron chi connectivity index (χ0n) is 49.4. The molecule has 2 saturated heterocycles. The summed E-state index contributed by atoms with van der Waals surface area (Å²) in [6.07, 6.45) is -20.2. The fourth-order valence-corrected chi connectivity index (χ4v) is 11.6. The Balaban J connectivity index is 1.33. The van der Waals surface area contributed by atoms with Crippen molar-refractivity contribution in [3.05, 3.63) is 51.4 Å². The maximum Gasteiger partial charge on any atom is 0.271 e. The number of aliphatic hydroxyl groups excluding tert-OH is 7. The average molecular weight is 1330 g/mol. The molecule has 3 aromatic rings. The minimum Gasteiger partial charge on any atom is -0.394 e. The van der Waals surface area contributed by atoms with E-state index in [9.17, 15) is 79.2 Å². The molecule has 0 aromatic carbocycles. The van der Waals surface area contributed by atoms with Crippen LogP contribution in [0.1, 0.15) is 102 Å². The van der Waals surface area contributed by atoms with Gasteiger partial charge in [-0.2, -0.15) is 0 Å². The highest BCUT2D eigenvalue weighted by molar-refractivity contribution is 8.14. The molecule has 0 saturated carbocycles. The van der Waals surface area contributed by atoms with Crippen molar-refractivity contribution in [1.29, 1.82) is 0 Å². The third kappa shape index (κ3) is 16.6. The number of ether oxygens (including phenoxy) is 4. The standard InChI is InChI=1S/C51H75N17O21S2/c1-16-29(65-41(68-38(16)54)21(8-27(53)72)60-9-20(52)39(55)78)44(82)67-31(34(22-10-58-15-61-22)88-49-50(5,36(76)33(74)25(11-69)87-49)89-47-37(77)51(85,48(57)84)35(75)26(12-70)86-47)45(83)62-18(3)32(73)17(2)42(80)66-30(19(4)71)43(81)59-7-6-28-63-24(14-90-28)46-64-23(13-91-46)40(56)79/h10,13,15,17-18,20-21,24-26,30-37,47,49,60,69-70,73-77,85H,6-9,11-12,14,52H2,1-5H3,(H2,53,72)(H2,55,78)(H2,56,79)(H2,57,84)(H,58,61)(H,59,81)(H,62,83)(H,66,80)(H,67,82)(H2,54,65,68)/t17?,18?,20?,21?,24?,25-,26?,30?,31?,32?,33+,34?,35-,36-,37-,47-,49-,50-,51+/m0/s1. The number of hydrogen-bond donors (Lipinski definition) is 20. The number of Topliss-reactive ketones (excluding diaryl/α,β-unsaturated/α-hetero) is 1. The van der Waals surface area contributed by atoms with Crippen molar-refractivity contribution in [3.63, 3.8) is 0 Å². The van der Waals surface area contributed by atoms with Gasteiger partial charge in [0, 0.05) is 42.6 Å². The van der Waals surface area contributed by atoms with Gasteiger partial charge in [-0.15, -0.1) is 23.1 Å². The zero-order chi connectivity index (χ0) is 67.7. The number of thiazole rings is 1. The Morgan fingerprint density at radius 2 is 1.58 bits per heavy atom. The highest BCUT2D eigenvalue weighted by Gasteiger charge is 2.64. The number of nitrogens with two attached hydrogens (primary N) is 6. The second kappa shape index (κ2) is 30.8. The summed E-state index contributed by atoms with van der Waals surface area (Å²) in [5, 5.41) is 104. The van der Waals surface area contributed by atoms with E-state index < -0.39 is 187 Å². The van der Waals surface area contributed by atoms with E-state index in [1.54, 1.807) is 0 Å². The fourth-order valence-electron chi connectivity index (χ4n) is 9.64. The molecule has 26 N–H and O–H groups in total. The summed E-state index contributed by atoms with van der Waals surface area (Å²) in [5.41, 5.74) is 26.7. The highest BCUT2D eigenvalue weighted by Crippen LogP contribution is 2.41. The van der Waals surface area contributed by atoms with Crippen LogP contribution < -0.4 is 61.0 Å². The number of aliphatic hydroxyl groups is 8. The van der Waals surface area contributed by atoms with Gasteiger partial charge in [-0.1, -0.05) is 6.92 Å². The van der Waals surface area contributed by atoms with Crippen LogP contribution >= 0.6 is 23.1 Å². The Morgan fingerprint density at radius 3 is 2.16 bits per heavy atom. The van der Waals surface area contributed by atoms with Gasteiger partial charge < -0.3 is 126 Å². The summed E-state index contributed by atoms with van der Waals surface area (Å²) < 4.78 is 23.9. The zero-order valence-corrected chi connectivity index (χ0v) is 51.0. The van der Waals surface area contributed by atoms with Crippen LogP contribution in [0.25, 0.3) is 0 Å². The van der Waals surface area contributed by atoms with Crippen LogP contribution in [0.3, 0.4) is 0 Å². The number of anilines is 1. The SMILES string of the molecule is CC(=O)C(NC(=O)C(C)C(O)C(C)NC(=O)C(NC(=O)c1nc(C(CC(N)=O)NCC(N)C(N)=O)nc(N)c1C)C(O[C@@H]1O[C@@H](CO)[C@@H](O)[C@H](O)[C@]1(C)O[C@@H]1OC(CO)[C@H](O)[C@](O)(C(N)=O)[C@H]1O)c1cnc[nH]1)C(=O)NCCC1=NC(c2nc(C(N)=O)cs2)CS1. The number of aromatic nitrogens is 5. The van der Waals surface area contributed by atoms with Crippen molar-refractivity contribution in [2.75, 3.05) is 37.8 Å². The van der Waals surface area contributed by atoms with E-state index in [-0.39, 0.29) is 54.1 Å². The molecule has 38 nitrogen and oxygen atoms in total. The van der Waals surface area contributed by atoms with Crippen LogP contribution in [0, 0.1) is 12.8 Å². The molecule has 2 fully saturated rings.